The van der Waals surface area contributed by atoms with Gasteiger partial charge in [0.15, 0.2) is 5.78 Å². The summed E-state index contributed by atoms with van der Waals surface area (Å²) >= 11 is 0. The zero-order chi connectivity index (χ0) is 15.5. The molecule has 0 aliphatic carbocycles. The molecule has 0 radical (unpaired) electrons. The van der Waals surface area contributed by atoms with Gasteiger partial charge in [0.05, 0.1) is 7.11 Å². The number of Topliss-reactive ketones (excluding diaryl/α,β-unsaturated/α-hetero) is 1. The molecule has 0 atom stereocenters. The molecule has 0 bridgehead atoms. The van der Waals surface area contributed by atoms with Crippen LogP contribution in [0.1, 0.15) is 26.3 Å². The van der Waals surface area contributed by atoms with Gasteiger partial charge in [-0.05, 0) is 23.8 Å². The average Bonchev–Trinajstić information content (AvgIpc) is 2.97. The van der Waals surface area contributed by atoms with E-state index in [0.29, 0.717) is 5.70 Å². The number of nitrogens with zero attached hydrogens (tertiary/aromatic N) is 3. The van der Waals surface area contributed by atoms with Gasteiger partial charge in [-0.2, -0.15) is 5.10 Å². The Labute approximate surface area is 124 Å². The molecule has 0 saturated carbocycles. The highest BCUT2D eigenvalue weighted by atomic mass is 16.5. The summed E-state index contributed by atoms with van der Waals surface area (Å²) in [5.74, 6) is 0.778. The predicted octanol–water partition coefficient (Wildman–Crippen LogP) is 2.90. The van der Waals surface area contributed by atoms with Crippen LogP contribution in [0.4, 0.5) is 0 Å². The first-order valence-electron chi connectivity index (χ1n) is 6.67. The summed E-state index contributed by atoms with van der Waals surface area (Å²) < 4.78 is 6.63. The van der Waals surface area contributed by atoms with Gasteiger partial charge in [0.2, 0.25) is 0 Å². The van der Waals surface area contributed by atoms with Crippen molar-refractivity contribution in [2.45, 2.75) is 20.8 Å². The van der Waals surface area contributed by atoms with Crippen LogP contribution in [-0.2, 0) is 4.79 Å². The third-order valence-electron chi connectivity index (χ3n) is 3.00. The van der Waals surface area contributed by atoms with Gasteiger partial charge >= 0.3 is 0 Å². The van der Waals surface area contributed by atoms with Gasteiger partial charge in [-0.3, -0.25) is 4.79 Å². The van der Waals surface area contributed by atoms with Crippen LogP contribution in [-0.4, -0.2) is 27.7 Å². The lowest BCUT2D eigenvalue weighted by Gasteiger charge is -2.18. The van der Waals surface area contributed by atoms with Crippen molar-refractivity contribution in [2.75, 3.05) is 7.11 Å². The maximum Gasteiger partial charge on any atom is 0.186 e. The fraction of sp³-hybridized carbons (Fsp3) is 0.312. The van der Waals surface area contributed by atoms with Crippen LogP contribution >= 0.6 is 0 Å². The Kier molecular flexibility index (Phi) is 4.21. The van der Waals surface area contributed by atoms with Crippen molar-refractivity contribution in [3.8, 4) is 5.75 Å². The Bertz CT molecular complexity index is 635. The fourth-order valence-corrected chi connectivity index (χ4v) is 1.81. The number of ketones is 1. The molecule has 0 saturated heterocycles. The van der Waals surface area contributed by atoms with E-state index in [1.54, 1.807) is 7.11 Å². The summed E-state index contributed by atoms with van der Waals surface area (Å²) in [4.78, 5) is 16.5. The molecule has 2 rings (SSSR count). The molecule has 0 unspecified atom stereocenters. The minimum absolute atomic E-state index is 0.00354. The molecule has 2 aromatic rings. The number of aromatic nitrogens is 3. The third-order valence-corrected chi connectivity index (χ3v) is 3.00. The van der Waals surface area contributed by atoms with Crippen LogP contribution in [0.15, 0.2) is 36.9 Å². The second kappa shape index (κ2) is 5.91. The van der Waals surface area contributed by atoms with Crippen molar-refractivity contribution in [2.24, 2.45) is 5.41 Å². The molecule has 0 N–H and O–H groups in total. The molecule has 1 heterocycles. The molecular formula is C16H19N3O2. The van der Waals surface area contributed by atoms with Crippen LogP contribution < -0.4 is 4.74 Å². The first-order valence-corrected chi connectivity index (χ1v) is 6.67. The van der Waals surface area contributed by atoms with Crippen LogP contribution in [0.2, 0.25) is 0 Å². The van der Waals surface area contributed by atoms with Crippen molar-refractivity contribution >= 4 is 17.6 Å². The Balaban J connectivity index is 2.44. The molecule has 1 aromatic carbocycles. The zero-order valence-electron chi connectivity index (χ0n) is 12.7. The van der Waals surface area contributed by atoms with E-state index in [9.17, 15) is 4.79 Å². The molecule has 0 aliphatic heterocycles. The minimum atomic E-state index is -0.496. The summed E-state index contributed by atoms with van der Waals surface area (Å²) in [6, 6.07) is 7.50. The Morgan fingerprint density at radius 3 is 2.38 bits per heavy atom. The smallest absolute Gasteiger partial charge is 0.186 e. The van der Waals surface area contributed by atoms with E-state index in [4.69, 9.17) is 4.74 Å². The van der Waals surface area contributed by atoms with Gasteiger partial charge in [-0.1, -0.05) is 32.9 Å². The quantitative estimate of drug-likeness (QED) is 0.810. The van der Waals surface area contributed by atoms with Gasteiger partial charge in [0.25, 0.3) is 0 Å². The number of methoxy groups -OCH3 is 1. The lowest BCUT2D eigenvalue weighted by molar-refractivity contribution is -0.120. The van der Waals surface area contributed by atoms with Crippen LogP contribution in [0.25, 0.3) is 11.8 Å². The largest absolute Gasteiger partial charge is 0.497 e. The molecule has 21 heavy (non-hydrogen) atoms. The summed E-state index contributed by atoms with van der Waals surface area (Å²) in [6.45, 7) is 5.65. The van der Waals surface area contributed by atoms with Gasteiger partial charge in [-0.15, -0.1) is 0 Å². The standard InChI is InChI=1S/C16H19N3O2/c1-16(2,3)15(20)14(19-11-17-10-18-19)9-12-5-7-13(21-4)8-6-12/h5-11H,1-4H3/b14-9-. The summed E-state index contributed by atoms with van der Waals surface area (Å²) in [7, 11) is 1.62. The number of carbonyl (C=O) groups excluding carboxylic acids is 1. The SMILES string of the molecule is COc1ccc(/C=C(/C(=O)C(C)(C)C)n2cncn2)cc1. The van der Waals surface area contributed by atoms with Gasteiger partial charge < -0.3 is 4.74 Å². The van der Waals surface area contributed by atoms with Crippen molar-refractivity contribution in [3.05, 3.63) is 42.5 Å². The molecule has 0 fully saturated rings. The average molecular weight is 285 g/mol. The molecule has 0 spiro atoms. The first kappa shape index (κ1) is 15.0. The number of ether oxygens (including phenoxy) is 1. The van der Waals surface area contributed by atoms with Crippen LogP contribution in [0, 0.1) is 5.41 Å². The molecule has 0 amide bonds. The predicted molar refractivity (Wildman–Crippen MR) is 81.6 cm³/mol. The van der Waals surface area contributed by atoms with Crippen LogP contribution in [0.5, 0.6) is 5.75 Å². The Morgan fingerprint density at radius 1 is 1.24 bits per heavy atom. The van der Waals surface area contributed by atoms with E-state index >= 15 is 0 Å². The third kappa shape index (κ3) is 3.56. The number of hydrogen-bond donors (Lipinski definition) is 0. The summed E-state index contributed by atoms with van der Waals surface area (Å²) in [5.41, 5.74) is 0.897. The van der Waals surface area contributed by atoms with E-state index in [2.05, 4.69) is 10.1 Å². The monoisotopic (exact) mass is 285 g/mol. The maximum atomic E-state index is 12.6. The number of benzene rings is 1. The van der Waals surface area contributed by atoms with Crippen molar-refractivity contribution in [1.29, 1.82) is 0 Å². The second-order valence-corrected chi connectivity index (χ2v) is 5.72. The minimum Gasteiger partial charge on any atom is -0.497 e. The normalized spacial score (nSPS) is 12.3. The summed E-state index contributed by atoms with van der Waals surface area (Å²) in [6.07, 6.45) is 4.75. The number of hydrogen-bond acceptors (Lipinski definition) is 4. The van der Waals surface area contributed by atoms with E-state index < -0.39 is 5.41 Å². The summed E-state index contributed by atoms with van der Waals surface area (Å²) in [5, 5.41) is 4.07. The zero-order valence-corrected chi connectivity index (χ0v) is 12.7. The fourth-order valence-electron chi connectivity index (χ4n) is 1.81. The van der Waals surface area contributed by atoms with Gasteiger partial charge in [0, 0.05) is 5.41 Å². The van der Waals surface area contributed by atoms with E-state index in [0.717, 1.165) is 11.3 Å². The van der Waals surface area contributed by atoms with Crippen LogP contribution in [0.3, 0.4) is 0 Å². The molecule has 0 aliphatic rings. The van der Waals surface area contributed by atoms with Crippen molar-refractivity contribution in [1.82, 2.24) is 14.8 Å². The highest BCUT2D eigenvalue weighted by Gasteiger charge is 2.26. The van der Waals surface area contributed by atoms with Gasteiger partial charge in [-0.25, -0.2) is 9.67 Å². The lowest BCUT2D eigenvalue weighted by Crippen LogP contribution is -2.24. The highest BCUT2D eigenvalue weighted by Crippen LogP contribution is 2.24. The van der Waals surface area contributed by atoms with Gasteiger partial charge in [0.1, 0.15) is 24.1 Å². The van der Waals surface area contributed by atoms with E-state index in [-0.39, 0.29) is 5.78 Å². The van der Waals surface area contributed by atoms with E-state index in [1.807, 2.05) is 51.1 Å². The molecule has 5 heteroatoms. The maximum absolute atomic E-state index is 12.6. The first-order chi connectivity index (χ1) is 9.91. The highest BCUT2D eigenvalue weighted by molar-refractivity contribution is 6.21. The van der Waals surface area contributed by atoms with Crippen molar-refractivity contribution in [3.63, 3.8) is 0 Å². The van der Waals surface area contributed by atoms with E-state index in [1.165, 1.54) is 17.3 Å². The second-order valence-electron chi connectivity index (χ2n) is 5.72. The number of carbonyl (C=O) groups is 1. The molecular weight excluding hydrogens is 266 g/mol. The van der Waals surface area contributed by atoms with Crippen molar-refractivity contribution < 1.29 is 9.53 Å². The number of rotatable bonds is 4. The Hall–Kier alpha value is -2.43. The topological polar surface area (TPSA) is 57.0 Å². The number of allylic oxidation sites excluding steroid dienone is 1. The Morgan fingerprint density at radius 2 is 1.90 bits per heavy atom. The lowest BCUT2D eigenvalue weighted by atomic mass is 9.88. The molecule has 110 valence electrons. The molecule has 1 aromatic heterocycles. The molecule has 5 nitrogen and oxygen atoms in total.